The molecule has 1 aliphatic heterocycles. The van der Waals surface area contributed by atoms with E-state index in [0.29, 0.717) is 0 Å². The van der Waals surface area contributed by atoms with Gasteiger partial charge >= 0.3 is 0 Å². The van der Waals surface area contributed by atoms with Crippen molar-refractivity contribution in [1.82, 2.24) is 5.32 Å². The van der Waals surface area contributed by atoms with Gasteiger partial charge in [-0.15, -0.1) is 0 Å². The molecular formula is C6H11F2NO2. The van der Waals surface area contributed by atoms with E-state index in [1.165, 1.54) is 7.11 Å². The van der Waals surface area contributed by atoms with Gasteiger partial charge in [0.15, 0.2) is 0 Å². The Bertz CT molecular complexity index is 143. The Kier molecular flexibility index (Phi) is 2.41. The van der Waals surface area contributed by atoms with Crippen LogP contribution in [-0.4, -0.2) is 43.4 Å². The van der Waals surface area contributed by atoms with Gasteiger partial charge in [0, 0.05) is 13.7 Å². The summed E-state index contributed by atoms with van der Waals surface area (Å²) in [6, 6.07) is 0. The van der Waals surface area contributed by atoms with Gasteiger partial charge in [0.25, 0.3) is 5.92 Å². The monoisotopic (exact) mass is 167 g/mol. The highest BCUT2D eigenvalue weighted by Gasteiger charge is 2.46. The minimum Gasteiger partial charge on any atom is -0.389 e. The van der Waals surface area contributed by atoms with Gasteiger partial charge in [0.2, 0.25) is 0 Å². The van der Waals surface area contributed by atoms with E-state index in [-0.39, 0.29) is 6.54 Å². The van der Waals surface area contributed by atoms with E-state index in [0.717, 1.165) is 0 Å². The van der Waals surface area contributed by atoms with Crippen molar-refractivity contribution in [3.05, 3.63) is 0 Å². The van der Waals surface area contributed by atoms with Crippen LogP contribution in [-0.2, 0) is 4.74 Å². The molecule has 2 atom stereocenters. The number of β-amino-alcohol motifs (C(OH)–C–C–N with tert-alkyl or cyclic N) is 1. The first-order valence-electron chi connectivity index (χ1n) is 3.37. The van der Waals surface area contributed by atoms with Crippen LogP contribution in [0, 0.1) is 0 Å². The van der Waals surface area contributed by atoms with Crippen LogP contribution in [0.2, 0.25) is 0 Å². The molecule has 66 valence electrons. The normalized spacial score (nSPS) is 37.1. The topological polar surface area (TPSA) is 41.5 Å². The second-order valence-corrected chi connectivity index (χ2v) is 2.62. The molecule has 1 heterocycles. The number of alkyl halides is 2. The van der Waals surface area contributed by atoms with Crippen LogP contribution in [0.15, 0.2) is 0 Å². The Balaban J connectivity index is 2.64. The molecule has 0 aliphatic carbocycles. The maximum atomic E-state index is 12.8. The van der Waals surface area contributed by atoms with Gasteiger partial charge in [0.1, 0.15) is 6.10 Å². The predicted octanol–water partition coefficient (Wildman–Crippen LogP) is -0.399. The number of methoxy groups -OCH3 is 1. The molecular weight excluding hydrogens is 156 g/mol. The minimum atomic E-state index is -2.97. The van der Waals surface area contributed by atoms with Crippen molar-refractivity contribution in [1.29, 1.82) is 0 Å². The summed E-state index contributed by atoms with van der Waals surface area (Å²) in [6.07, 6.45) is -2.49. The number of ether oxygens (including phenoxy) is 1. The maximum Gasteiger partial charge on any atom is 0.288 e. The summed E-state index contributed by atoms with van der Waals surface area (Å²) < 4.78 is 30.0. The SMILES string of the molecule is COC1C(O)CNCC1(F)F. The Morgan fingerprint density at radius 3 is 2.64 bits per heavy atom. The summed E-state index contributed by atoms with van der Waals surface area (Å²) in [5, 5.41) is 11.4. The van der Waals surface area contributed by atoms with Crippen LogP contribution in [0.4, 0.5) is 8.78 Å². The highest BCUT2D eigenvalue weighted by molar-refractivity contribution is 4.91. The van der Waals surface area contributed by atoms with Crippen molar-refractivity contribution in [2.75, 3.05) is 20.2 Å². The lowest BCUT2D eigenvalue weighted by molar-refractivity contribution is -0.178. The highest BCUT2D eigenvalue weighted by Crippen LogP contribution is 2.25. The van der Waals surface area contributed by atoms with Gasteiger partial charge in [-0.1, -0.05) is 0 Å². The largest absolute Gasteiger partial charge is 0.389 e. The van der Waals surface area contributed by atoms with Crippen molar-refractivity contribution in [2.24, 2.45) is 0 Å². The van der Waals surface area contributed by atoms with Crippen LogP contribution in [0.25, 0.3) is 0 Å². The zero-order valence-corrected chi connectivity index (χ0v) is 6.18. The summed E-state index contributed by atoms with van der Waals surface area (Å²) in [4.78, 5) is 0. The van der Waals surface area contributed by atoms with Gasteiger partial charge < -0.3 is 15.2 Å². The average Bonchev–Trinajstić information content (AvgIpc) is 1.86. The van der Waals surface area contributed by atoms with Gasteiger partial charge in [-0.05, 0) is 0 Å². The third kappa shape index (κ3) is 1.66. The standard InChI is InChI=1S/C6H11F2NO2/c1-11-5-4(10)2-9-3-6(5,7)8/h4-5,9-10H,2-3H2,1H3. The van der Waals surface area contributed by atoms with Gasteiger partial charge in [0.05, 0.1) is 12.6 Å². The Labute approximate surface area is 63.3 Å². The van der Waals surface area contributed by atoms with Crippen molar-refractivity contribution in [3.8, 4) is 0 Å². The van der Waals surface area contributed by atoms with E-state index in [4.69, 9.17) is 5.11 Å². The van der Waals surface area contributed by atoms with Crippen LogP contribution < -0.4 is 5.32 Å². The van der Waals surface area contributed by atoms with E-state index in [2.05, 4.69) is 10.1 Å². The van der Waals surface area contributed by atoms with Gasteiger partial charge in [-0.2, -0.15) is 0 Å². The second kappa shape index (κ2) is 3.00. The number of halogens is 2. The van der Waals surface area contributed by atoms with Crippen LogP contribution in [0.3, 0.4) is 0 Å². The van der Waals surface area contributed by atoms with E-state index >= 15 is 0 Å². The summed E-state index contributed by atoms with van der Waals surface area (Å²) >= 11 is 0. The third-order valence-corrected chi connectivity index (χ3v) is 1.73. The molecule has 1 saturated heterocycles. The number of rotatable bonds is 1. The maximum absolute atomic E-state index is 12.8. The molecule has 0 aromatic carbocycles. The molecule has 0 aromatic rings. The lowest BCUT2D eigenvalue weighted by Gasteiger charge is -2.34. The molecule has 0 amide bonds. The fraction of sp³-hybridized carbons (Fsp3) is 1.00. The Morgan fingerprint density at radius 2 is 2.27 bits per heavy atom. The van der Waals surface area contributed by atoms with Crippen LogP contribution in [0.5, 0.6) is 0 Å². The molecule has 3 nitrogen and oxygen atoms in total. The van der Waals surface area contributed by atoms with Crippen molar-refractivity contribution in [3.63, 3.8) is 0 Å². The lowest BCUT2D eigenvalue weighted by atomic mass is 10.0. The van der Waals surface area contributed by atoms with Crippen LogP contribution in [0.1, 0.15) is 0 Å². The van der Waals surface area contributed by atoms with Crippen LogP contribution >= 0.6 is 0 Å². The lowest BCUT2D eigenvalue weighted by Crippen LogP contribution is -2.58. The summed E-state index contributed by atoms with van der Waals surface area (Å²) in [6.45, 7) is -0.267. The zero-order chi connectivity index (χ0) is 8.48. The third-order valence-electron chi connectivity index (χ3n) is 1.73. The molecule has 2 N–H and O–H groups in total. The number of hydrogen-bond acceptors (Lipinski definition) is 3. The molecule has 0 saturated carbocycles. The van der Waals surface area contributed by atoms with E-state index in [1.54, 1.807) is 0 Å². The minimum absolute atomic E-state index is 0.161. The fourth-order valence-corrected chi connectivity index (χ4v) is 1.21. The van der Waals surface area contributed by atoms with Crippen molar-refractivity contribution < 1.29 is 18.6 Å². The first-order valence-corrected chi connectivity index (χ1v) is 3.37. The number of hydrogen-bond donors (Lipinski definition) is 2. The molecule has 1 rings (SSSR count). The smallest absolute Gasteiger partial charge is 0.288 e. The first-order chi connectivity index (χ1) is 5.08. The summed E-state index contributed by atoms with van der Waals surface area (Å²) in [5.74, 6) is -2.97. The van der Waals surface area contributed by atoms with E-state index in [9.17, 15) is 8.78 Å². The van der Waals surface area contributed by atoms with E-state index < -0.39 is 24.7 Å². The predicted molar refractivity (Wildman–Crippen MR) is 34.6 cm³/mol. The first kappa shape index (κ1) is 8.83. The van der Waals surface area contributed by atoms with Gasteiger partial charge in [-0.3, -0.25) is 0 Å². The fourth-order valence-electron chi connectivity index (χ4n) is 1.21. The number of aliphatic hydroxyl groups is 1. The molecule has 0 aromatic heterocycles. The molecule has 11 heavy (non-hydrogen) atoms. The Hall–Kier alpha value is -0.260. The van der Waals surface area contributed by atoms with Crippen molar-refractivity contribution >= 4 is 0 Å². The molecule has 5 heteroatoms. The highest BCUT2D eigenvalue weighted by atomic mass is 19.3. The molecule has 0 radical (unpaired) electrons. The molecule has 1 aliphatic rings. The Morgan fingerprint density at radius 1 is 1.64 bits per heavy atom. The summed E-state index contributed by atoms with van der Waals surface area (Å²) in [5.41, 5.74) is 0. The van der Waals surface area contributed by atoms with Gasteiger partial charge in [-0.25, -0.2) is 8.78 Å². The molecule has 0 bridgehead atoms. The average molecular weight is 167 g/mol. The number of aliphatic hydroxyl groups excluding tert-OH is 1. The second-order valence-electron chi connectivity index (χ2n) is 2.62. The zero-order valence-electron chi connectivity index (χ0n) is 6.18. The molecule has 1 fully saturated rings. The number of piperidine rings is 1. The van der Waals surface area contributed by atoms with Crippen molar-refractivity contribution in [2.45, 2.75) is 18.1 Å². The quantitative estimate of drug-likeness (QED) is 0.558. The number of nitrogens with one attached hydrogen (secondary N) is 1. The molecule has 2 unspecified atom stereocenters. The summed E-state index contributed by atoms with van der Waals surface area (Å²) in [7, 11) is 1.17. The molecule has 0 spiro atoms. The van der Waals surface area contributed by atoms with E-state index in [1.807, 2.05) is 0 Å².